The van der Waals surface area contributed by atoms with E-state index in [4.69, 9.17) is 0 Å². The van der Waals surface area contributed by atoms with Crippen LogP contribution >= 0.6 is 0 Å². The Balaban J connectivity index is 1.79. The first-order valence-corrected chi connectivity index (χ1v) is 8.75. The lowest BCUT2D eigenvalue weighted by Crippen LogP contribution is -2.42. The van der Waals surface area contributed by atoms with Crippen molar-refractivity contribution in [3.63, 3.8) is 0 Å². The van der Waals surface area contributed by atoms with Crippen molar-refractivity contribution in [1.82, 2.24) is 14.8 Å². The molecular weight excluding hydrogens is 369 g/mol. The normalized spacial score (nSPS) is 17.0. The van der Waals surface area contributed by atoms with Crippen LogP contribution in [-0.2, 0) is 6.18 Å². The number of anilines is 1. The van der Waals surface area contributed by atoms with E-state index in [9.17, 15) is 18.0 Å². The van der Waals surface area contributed by atoms with Crippen LogP contribution < -0.4 is 4.90 Å². The predicted molar refractivity (Wildman–Crippen MR) is 98.0 cm³/mol. The Bertz CT molecular complexity index is 1060. The van der Waals surface area contributed by atoms with E-state index in [0.29, 0.717) is 11.3 Å². The molecule has 144 valence electrons. The van der Waals surface area contributed by atoms with Gasteiger partial charge < -0.3 is 4.90 Å². The van der Waals surface area contributed by atoms with Crippen molar-refractivity contribution in [2.45, 2.75) is 26.1 Å². The van der Waals surface area contributed by atoms with Gasteiger partial charge in [-0.15, -0.1) is 0 Å². The minimum atomic E-state index is -4.47. The second-order valence-electron chi connectivity index (χ2n) is 6.85. The van der Waals surface area contributed by atoms with E-state index in [1.807, 2.05) is 19.9 Å². The Morgan fingerprint density at radius 2 is 1.96 bits per heavy atom. The van der Waals surface area contributed by atoms with Crippen LogP contribution in [0.5, 0.6) is 0 Å². The SMILES string of the molecule is Cc1cc(-c2cnn3c2C(=O)N(c2cccc(C(F)(F)F)c2)C[C@@H]3C)ccn1. The zero-order chi connectivity index (χ0) is 20.1. The molecule has 0 saturated carbocycles. The Kier molecular flexibility index (Phi) is 4.21. The van der Waals surface area contributed by atoms with E-state index < -0.39 is 11.7 Å². The first kappa shape index (κ1) is 18.2. The Hall–Kier alpha value is -3.16. The number of amides is 1. The molecule has 28 heavy (non-hydrogen) atoms. The van der Waals surface area contributed by atoms with Crippen LogP contribution in [0.1, 0.15) is 34.7 Å². The summed E-state index contributed by atoms with van der Waals surface area (Å²) in [7, 11) is 0. The van der Waals surface area contributed by atoms with Gasteiger partial charge in [0, 0.05) is 29.7 Å². The quantitative estimate of drug-likeness (QED) is 0.652. The number of hydrogen-bond donors (Lipinski definition) is 0. The molecule has 1 amide bonds. The van der Waals surface area contributed by atoms with E-state index in [1.54, 1.807) is 23.1 Å². The van der Waals surface area contributed by atoms with Crippen molar-refractivity contribution < 1.29 is 18.0 Å². The highest BCUT2D eigenvalue weighted by Crippen LogP contribution is 2.35. The smallest absolute Gasteiger partial charge is 0.305 e. The summed E-state index contributed by atoms with van der Waals surface area (Å²) in [5.41, 5.74) is 2.02. The summed E-state index contributed by atoms with van der Waals surface area (Å²) >= 11 is 0. The maximum atomic E-state index is 13.2. The monoisotopic (exact) mass is 386 g/mol. The minimum Gasteiger partial charge on any atom is -0.305 e. The first-order valence-electron chi connectivity index (χ1n) is 8.75. The highest BCUT2D eigenvalue weighted by atomic mass is 19.4. The number of hydrogen-bond acceptors (Lipinski definition) is 3. The average Bonchev–Trinajstić information content (AvgIpc) is 3.10. The van der Waals surface area contributed by atoms with Crippen LogP contribution in [0.25, 0.3) is 11.1 Å². The molecule has 0 radical (unpaired) electrons. The van der Waals surface area contributed by atoms with Gasteiger partial charge in [-0.25, -0.2) is 0 Å². The van der Waals surface area contributed by atoms with Gasteiger partial charge >= 0.3 is 6.18 Å². The van der Waals surface area contributed by atoms with E-state index in [0.717, 1.165) is 23.4 Å². The van der Waals surface area contributed by atoms with E-state index in [-0.39, 0.29) is 24.2 Å². The molecule has 0 N–H and O–H groups in total. The van der Waals surface area contributed by atoms with Crippen molar-refractivity contribution in [3.05, 3.63) is 65.7 Å². The zero-order valence-corrected chi connectivity index (χ0v) is 15.2. The van der Waals surface area contributed by atoms with Crippen molar-refractivity contribution in [3.8, 4) is 11.1 Å². The topological polar surface area (TPSA) is 51.0 Å². The van der Waals surface area contributed by atoms with Gasteiger partial charge in [-0.2, -0.15) is 18.3 Å². The molecule has 1 atom stereocenters. The number of pyridine rings is 1. The molecule has 0 unspecified atom stereocenters. The largest absolute Gasteiger partial charge is 0.416 e. The van der Waals surface area contributed by atoms with Crippen LogP contribution in [0.3, 0.4) is 0 Å². The lowest BCUT2D eigenvalue weighted by atomic mass is 10.0. The number of aryl methyl sites for hydroxylation is 1. The van der Waals surface area contributed by atoms with E-state index in [2.05, 4.69) is 10.1 Å². The molecule has 2 aromatic heterocycles. The molecule has 5 nitrogen and oxygen atoms in total. The summed E-state index contributed by atoms with van der Waals surface area (Å²) in [6, 6.07) is 8.28. The first-order chi connectivity index (χ1) is 13.3. The zero-order valence-electron chi connectivity index (χ0n) is 15.2. The number of nitrogens with zero attached hydrogens (tertiary/aromatic N) is 4. The second kappa shape index (κ2) is 6.47. The van der Waals surface area contributed by atoms with Crippen molar-refractivity contribution in [1.29, 1.82) is 0 Å². The van der Waals surface area contributed by atoms with Crippen LogP contribution in [0.2, 0.25) is 0 Å². The molecule has 1 aromatic carbocycles. The molecular formula is C20H17F3N4O. The van der Waals surface area contributed by atoms with Gasteiger partial charge in [-0.05, 0) is 49.7 Å². The molecule has 4 rings (SSSR count). The molecule has 1 aliphatic rings. The number of rotatable bonds is 2. The number of halogens is 3. The number of carbonyl (C=O) groups is 1. The number of fused-ring (bicyclic) bond motifs is 1. The lowest BCUT2D eigenvalue weighted by Gasteiger charge is -2.32. The molecule has 0 fully saturated rings. The van der Waals surface area contributed by atoms with Crippen molar-refractivity contribution in [2.75, 3.05) is 11.4 Å². The van der Waals surface area contributed by atoms with Gasteiger partial charge in [0.25, 0.3) is 5.91 Å². The van der Waals surface area contributed by atoms with E-state index in [1.165, 1.54) is 17.0 Å². The van der Waals surface area contributed by atoms with Gasteiger partial charge in [0.05, 0.1) is 17.8 Å². The maximum Gasteiger partial charge on any atom is 0.416 e. The molecule has 0 saturated heterocycles. The molecule has 3 aromatic rings. The summed E-state index contributed by atoms with van der Waals surface area (Å²) in [6.07, 6.45) is -1.20. The Morgan fingerprint density at radius 1 is 1.18 bits per heavy atom. The molecule has 8 heteroatoms. The summed E-state index contributed by atoms with van der Waals surface area (Å²) in [5, 5.41) is 4.35. The van der Waals surface area contributed by atoms with Crippen LogP contribution in [-0.4, -0.2) is 27.2 Å². The maximum absolute atomic E-state index is 13.2. The van der Waals surface area contributed by atoms with E-state index >= 15 is 0 Å². The van der Waals surface area contributed by atoms with Crippen molar-refractivity contribution in [2.24, 2.45) is 0 Å². The minimum absolute atomic E-state index is 0.182. The molecule has 0 bridgehead atoms. The number of benzene rings is 1. The van der Waals surface area contributed by atoms with Gasteiger partial charge in [0.2, 0.25) is 0 Å². The van der Waals surface area contributed by atoms with Crippen LogP contribution in [0.4, 0.5) is 18.9 Å². The lowest BCUT2D eigenvalue weighted by molar-refractivity contribution is -0.137. The molecule has 0 spiro atoms. The molecule has 1 aliphatic heterocycles. The Morgan fingerprint density at radius 3 is 2.68 bits per heavy atom. The van der Waals surface area contributed by atoms with Crippen LogP contribution in [0, 0.1) is 6.92 Å². The summed E-state index contributed by atoms with van der Waals surface area (Å²) < 4.78 is 40.9. The number of alkyl halides is 3. The fourth-order valence-electron chi connectivity index (χ4n) is 3.46. The molecule has 0 aliphatic carbocycles. The highest BCUT2D eigenvalue weighted by molar-refractivity contribution is 6.09. The van der Waals surface area contributed by atoms with Gasteiger partial charge in [-0.1, -0.05) is 6.07 Å². The van der Waals surface area contributed by atoms with Crippen molar-refractivity contribution >= 4 is 11.6 Å². The third-order valence-corrected chi connectivity index (χ3v) is 4.80. The fourth-order valence-corrected chi connectivity index (χ4v) is 3.46. The van der Waals surface area contributed by atoms with Gasteiger partial charge in [0.15, 0.2) is 0 Å². The number of carbonyl (C=O) groups excluding carboxylic acids is 1. The predicted octanol–water partition coefficient (Wildman–Crippen LogP) is 4.49. The summed E-state index contributed by atoms with van der Waals surface area (Å²) in [6.45, 7) is 3.97. The fraction of sp³-hybridized carbons (Fsp3) is 0.250. The third-order valence-electron chi connectivity index (χ3n) is 4.80. The third kappa shape index (κ3) is 3.04. The summed E-state index contributed by atoms with van der Waals surface area (Å²) in [5.74, 6) is -0.376. The van der Waals surface area contributed by atoms with Gasteiger partial charge in [0.1, 0.15) is 5.69 Å². The standard InChI is InChI=1S/C20H17F3N4O/c1-12-8-14(6-7-24-12)17-10-25-27-13(2)11-26(19(28)18(17)27)16-5-3-4-15(9-16)20(21,22)23/h3-10,13H,11H2,1-2H3/t13-/m0/s1. The number of aromatic nitrogens is 3. The van der Waals surface area contributed by atoms with Crippen LogP contribution in [0.15, 0.2) is 48.8 Å². The second-order valence-corrected chi connectivity index (χ2v) is 6.85. The summed E-state index contributed by atoms with van der Waals surface area (Å²) in [4.78, 5) is 18.8. The van der Waals surface area contributed by atoms with Gasteiger partial charge in [-0.3, -0.25) is 14.5 Å². The molecule has 3 heterocycles. The average molecular weight is 386 g/mol. The highest BCUT2D eigenvalue weighted by Gasteiger charge is 2.35. The Labute approximate surface area is 159 Å².